The molecule has 0 aliphatic carbocycles. The van der Waals surface area contributed by atoms with Gasteiger partial charge in [-0.25, -0.2) is 23.2 Å². The number of aliphatic imine (C=N–C) groups is 1. The second-order valence-corrected chi connectivity index (χ2v) is 17.9. The second kappa shape index (κ2) is 16.1. The largest absolute Gasteiger partial charge is 0.490 e. The van der Waals surface area contributed by atoms with Crippen LogP contribution in [0.15, 0.2) is 59.4 Å². The molecule has 314 valence electrons. The van der Waals surface area contributed by atoms with Crippen LogP contribution >= 0.6 is 23.5 Å². The SMILES string of the molecule is C=C1NC(N)=Nc2c1ncn2[C@@H]1OC(COP(=O)(O)OP(=O)(O)OP(=O)(O)OC[C@@H]2CN(Cc3ccccc3)CC([n+]3cn(C)c4c(=O)[nH]c(N)nc43)O2)[C@@H](O)[C@H]1O. The summed E-state index contributed by atoms with van der Waals surface area (Å²) >= 11 is 0. The van der Waals surface area contributed by atoms with E-state index in [2.05, 4.69) is 40.5 Å². The van der Waals surface area contributed by atoms with Crippen LogP contribution in [0.5, 0.6) is 0 Å². The third-order valence-corrected chi connectivity index (χ3v) is 13.2. The zero-order chi connectivity index (χ0) is 41.7. The fraction of sp³-hybridized carbons (Fsp3) is 0.414. The Labute approximate surface area is 326 Å². The number of nitrogen functional groups attached to an aromatic ring is 1. The molecule has 6 heterocycles. The van der Waals surface area contributed by atoms with Crippen LogP contribution in [0.1, 0.15) is 23.7 Å². The number of phosphoric ester groups is 2. The number of aliphatic hydroxyl groups is 2. The van der Waals surface area contributed by atoms with Crippen LogP contribution in [0.4, 0.5) is 11.8 Å². The molecular weight excluding hydrogens is 835 g/mol. The lowest BCUT2D eigenvalue weighted by Gasteiger charge is -2.37. The van der Waals surface area contributed by atoms with E-state index in [1.54, 1.807) is 17.9 Å². The van der Waals surface area contributed by atoms with E-state index in [1.165, 1.54) is 15.5 Å². The molecule has 0 radical (unpaired) electrons. The zero-order valence-electron chi connectivity index (χ0n) is 30.2. The minimum atomic E-state index is -5.92. The van der Waals surface area contributed by atoms with E-state index < -0.39 is 79.1 Å². The Balaban J connectivity index is 0.978. The van der Waals surface area contributed by atoms with Gasteiger partial charge in [0.2, 0.25) is 5.52 Å². The molecule has 2 saturated heterocycles. The molecule has 0 amide bonds. The Morgan fingerprint density at radius 2 is 1.69 bits per heavy atom. The maximum absolute atomic E-state index is 12.9. The van der Waals surface area contributed by atoms with E-state index >= 15 is 0 Å². The molecule has 3 aliphatic heterocycles. The number of rotatable bonds is 14. The number of aromatic nitrogens is 6. The molecule has 1 aromatic carbocycles. The topological polar surface area (TPSA) is 360 Å². The molecule has 29 heteroatoms. The van der Waals surface area contributed by atoms with Gasteiger partial charge in [-0.2, -0.15) is 13.6 Å². The number of hydrogen-bond acceptors (Lipinski definition) is 19. The van der Waals surface area contributed by atoms with Gasteiger partial charge in [-0.15, -0.1) is 0 Å². The molecule has 3 aliphatic rings. The van der Waals surface area contributed by atoms with Gasteiger partial charge in [-0.05, 0) is 5.56 Å². The fourth-order valence-corrected chi connectivity index (χ4v) is 10.1. The first-order valence-corrected chi connectivity index (χ1v) is 21.5. The molecule has 7 rings (SSSR count). The Kier molecular flexibility index (Phi) is 11.6. The molecule has 3 aromatic heterocycles. The summed E-state index contributed by atoms with van der Waals surface area (Å²) in [4.78, 5) is 60.3. The van der Waals surface area contributed by atoms with Gasteiger partial charge in [0.05, 0.1) is 44.9 Å². The van der Waals surface area contributed by atoms with Crippen molar-refractivity contribution in [3.63, 3.8) is 0 Å². The normalized spacial score (nSPS) is 27.0. The summed E-state index contributed by atoms with van der Waals surface area (Å²) < 4.78 is 72.6. The predicted octanol–water partition coefficient (Wildman–Crippen LogP) is -1.07. The van der Waals surface area contributed by atoms with Crippen molar-refractivity contribution in [3.05, 3.63) is 71.2 Å². The molecule has 0 spiro atoms. The first-order chi connectivity index (χ1) is 27.3. The number of nitrogens with zero attached hydrogens (tertiary/aromatic N) is 7. The molecule has 58 heavy (non-hydrogen) atoms. The number of H-pyrrole nitrogens is 1. The number of aliphatic hydroxyl groups excluding tert-OH is 2. The molecule has 2 fully saturated rings. The first-order valence-electron chi connectivity index (χ1n) is 17.0. The van der Waals surface area contributed by atoms with E-state index in [1.807, 2.05) is 35.2 Å². The number of aromatic amines is 1. The molecule has 9 atom stereocenters. The maximum Gasteiger partial charge on any atom is 0.490 e. The number of phosphoric acid groups is 3. The number of fused-ring (bicyclic) bond motifs is 2. The number of morpholine rings is 1. The van der Waals surface area contributed by atoms with E-state index in [0.717, 1.165) is 5.56 Å². The van der Waals surface area contributed by atoms with Gasteiger partial charge in [0.1, 0.15) is 24.0 Å². The molecule has 0 bridgehead atoms. The average molecular weight is 875 g/mol. The Morgan fingerprint density at radius 3 is 2.40 bits per heavy atom. The number of benzene rings is 1. The van der Waals surface area contributed by atoms with Gasteiger partial charge < -0.3 is 51.2 Å². The summed E-state index contributed by atoms with van der Waals surface area (Å²) in [5.74, 6) is -0.0675. The number of imidazole rings is 2. The van der Waals surface area contributed by atoms with Gasteiger partial charge in [-0.3, -0.25) is 32.9 Å². The lowest BCUT2D eigenvalue weighted by molar-refractivity contribution is -0.747. The van der Waals surface area contributed by atoms with Crippen molar-refractivity contribution in [2.45, 2.75) is 43.4 Å². The van der Waals surface area contributed by atoms with Crippen LogP contribution in [0, 0.1) is 0 Å². The summed E-state index contributed by atoms with van der Waals surface area (Å²) in [5.41, 5.74) is 12.9. The highest BCUT2D eigenvalue weighted by Crippen LogP contribution is 2.67. The lowest BCUT2D eigenvalue weighted by atomic mass is 10.1. The minimum absolute atomic E-state index is 0.0414. The summed E-state index contributed by atoms with van der Waals surface area (Å²) in [6.07, 6.45) is -5.37. The van der Waals surface area contributed by atoms with Crippen molar-refractivity contribution in [2.24, 2.45) is 17.8 Å². The Hall–Kier alpha value is -4.20. The van der Waals surface area contributed by atoms with Crippen molar-refractivity contribution in [1.29, 1.82) is 0 Å². The van der Waals surface area contributed by atoms with Crippen molar-refractivity contribution in [2.75, 3.05) is 32.0 Å². The second-order valence-electron chi connectivity index (χ2n) is 13.3. The number of guanidine groups is 1. The van der Waals surface area contributed by atoms with Crippen molar-refractivity contribution >= 4 is 58.1 Å². The zero-order valence-corrected chi connectivity index (χ0v) is 32.9. The summed E-state index contributed by atoms with van der Waals surface area (Å²) in [6, 6.07) is 9.32. The third kappa shape index (κ3) is 9.16. The van der Waals surface area contributed by atoms with Crippen LogP contribution in [-0.2, 0) is 54.4 Å². The van der Waals surface area contributed by atoms with Gasteiger partial charge in [-0.1, -0.05) is 41.9 Å². The van der Waals surface area contributed by atoms with Crippen LogP contribution in [0.25, 0.3) is 16.9 Å². The number of anilines is 1. The number of ether oxygens (including phenoxy) is 2. The van der Waals surface area contributed by atoms with Crippen LogP contribution in [0.2, 0.25) is 0 Å². The molecule has 5 unspecified atom stereocenters. The molecule has 0 saturated carbocycles. The summed E-state index contributed by atoms with van der Waals surface area (Å²) in [7, 11) is -15.5. The number of hydrogen-bond donors (Lipinski definition) is 9. The average Bonchev–Trinajstić information content (AvgIpc) is 3.78. The first kappa shape index (κ1) is 41.9. The van der Waals surface area contributed by atoms with Crippen molar-refractivity contribution < 1.29 is 70.3 Å². The van der Waals surface area contributed by atoms with Crippen molar-refractivity contribution in [3.8, 4) is 0 Å². The van der Waals surface area contributed by atoms with Crippen LogP contribution in [0.3, 0.4) is 0 Å². The number of aryl methyl sites for hydroxylation is 1. The predicted molar refractivity (Wildman–Crippen MR) is 197 cm³/mol. The quantitative estimate of drug-likeness (QED) is 0.0538. The summed E-state index contributed by atoms with van der Waals surface area (Å²) in [5, 5.41) is 23.9. The van der Waals surface area contributed by atoms with E-state index in [-0.39, 0.29) is 47.7 Å². The van der Waals surface area contributed by atoms with E-state index in [9.17, 15) is 43.4 Å². The summed E-state index contributed by atoms with van der Waals surface area (Å²) in [6.45, 7) is 2.80. The number of nitrogens with one attached hydrogen (secondary N) is 2. The molecule has 11 N–H and O–H groups in total. The monoisotopic (exact) mass is 874 g/mol. The highest BCUT2D eigenvalue weighted by atomic mass is 31.3. The van der Waals surface area contributed by atoms with E-state index in [0.29, 0.717) is 12.2 Å². The van der Waals surface area contributed by atoms with Gasteiger partial charge in [0.15, 0.2) is 30.6 Å². The Morgan fingerprint density at radius 1 is 1.00 bits per heavy atom. The van der Waals surface area contributed by atoms with Crippen molar-refractivity contribution in [1.82, 2.24) is 34.3 Å². The van der Waals surface area contributed by atoms with Gasteiger partial charge in [0.25, 0.3) is 11.5 Å². The van der Waals surface area contributed by atoms with Crippen LogP contribution < -0.4 is 26.9 Å². The highest BCUT2D eigenvalue weighted by molar-refractivity contribution is 7.66. The third-order valence-electron chi connectivity index (χ3n) is 8.98. The Bertz CT molecular complexity index is 2450. The number of nitrogens with two attached hydrogens (primary N) is 2. The van der Waals surface area contributed by atoms with E-state index in [4.69, 9.17) is 30.0 Å². The maximum atomic E-state index is 12.9. The molecular formula is C29H39N11O15P3+. The molecule has 4 aromatic rings. The molecule has 26 nitrogen and oxygen atoms in total. The standard InChI is InChI=1S/C29H38N11O15P3/c1-15-20-24(34-28(30)33-15)39(13-32-20)27-23(42)22(41)18(53-27)12-51-57(46,47)55-58(48,49)54-56(44,45)50-11-17-9-38(8-16-6-4-3-5-7-16)10-19(52-17)40-14-37(2)21-25(40)35-29(31)36-26(21)43/h3-7,13-14,17-19,22-23,27,41-42H,1,8-12H2,2H3,(H8-,30,31,33,34,35,36,43,44,45,46,47,48,49)/p+1/t17-,18?,19?,22+,23+,27+/m0/s1. The minimum Gasteiger partial charge on any atom is -0.387 e. The van der Waals surface area contributed by atoms with Gasteiger partial charge >= 0.3 is 29.1 Å². The van der Waals surface area contributed by atoms with Crippen LogP contribution in [-0.4, -0.2) is 111 Å². The highest BCUT2D eigenvalue weighted by Gasteiger charge is 2.48. The fourth-order valence-electron chi connectivity index (χ4n) is 6.57. The van der Waals surface area contributed by atoms with Gasteiger partial charge in [0, 0.05) is 13.1 Å². The smallest absolute Gasteiger partial charge is 0.387 e. The lowest BCUT2D eigenvalue weighted by Crippen LogP contribution is -2.55.